The van der Waals surface area contributed by atoms with E-state index in [1.807, 2.05) is 14.0 Å². The molecule has 1 aliphatic heterocycles. The minimum atomic E-state index is -0.685. The Bertz CT molecular complexity index is 662. The van der Waals surface area contributed by atoms with Crippen molar-refractivity contribution in [2.24, 2.45) is 11.7 Å². The van der Waals surface area contributed by atoms with Gasteiger partial charge in [0.1, 0.15) is 6.04 Å². The lowest BCUT2D eigenvalue weighted by molar-refractivity contribution is -0.120. The number of carbonyl (C=O) groups excluding carboxylic acids is 3. The van der Waals surface area contributed by atoms with Gasteiger partial charge in [-0.05, 0) is 44.6 Å². The molecule has 1 aromatic carbocycles. The first-order valence-electron chi connectivity index (χ1n) is 9.10. The molecule has 0 aliphatic carbocycles. The second kappa shape index (κ2) is 9.33. The smallest absolute Gasteiger partial charge is 0.252 e. The quantitative estimate of drug-likeness (QED) is 0.651. The maximum atomic E-state index is 12.4. The third kappa shape index (κ3) is 5.56. The Morgan fingerprint density at radius 1 is 1.35 bits per heavy atom. The van der Waals surface area contributed by atoms with Crippen LogP contribution in [0.4, 0.5) is 5.69 Å². The number of nitrogens with one attached hydrogen (secondary N) is 2. The fourth-order valence-corrected chi connectivity index (χ4v) is 3.07. The van der Waals surface area contributed by atoms with Crippen LogP contribution in [0.2, 0.25) is 0 Å². The number of nitrogens with two attached hydrogens (primary N) is 1. The summed E-state index contributed by atoms with van der Waals surface area (Å²) >= 11 is 0. The summed E-state index contributed by atoms with van der Waals surface area (Å²) in [5.74, 6) is -0.987. The standard InChI is InChI=1S/C19H28N4O3/c1-3-4-8-16(17(20)24)22-18(25)13-6-5-7-15(11-13)21-19(26)14-9-10-23(2)12-14/h5-7,11,14,16H,3-4,8-10,12H2,1-2H3,(H2,20,24)(H,21,26)(H,22,25)/t14-,16?/m0/s1. The van der Waals surface area contributed by atoms with Gasteiger partial charge in [-0.15, -0.1) is 0 Å². The van der Waals surface area contributed by atoms with E-state index >= 15 is 0 Å². The van der Waals surface area contributed by atoms with Gasteiger partial charge in [-0.3, -0.25) is 14.4 Å². The van der Waals surface area contributed by atoms with Crippen molar-refractivity contribution in [3.05, 3.63) is 29.8 Å². The highest BCUT2D eigenvalue weighted by atomic mass is 16.2. The molecule has 1 aliphatic rings. The minimum Gasteiger partial charge on any atom is -0.368 e. The summed E-state index contributed by atoms with van der Waals surface area (Å²) in [5, 5.41) is 5.55. The highest BCUT2D eigenvalue weighted by Gasteiger charge is 2.26. The van der Waals surface area contributed by atoms with Crippen LogP contribution in [0.15, 0.2) is 24.3 Å². The van der Waals surface area contributed by atoms with Crippen LogP contribution < -0.4 is 16.4 Å². The van der Waals surface area contributed by atoms with Gasteiger partial charge in [-0.2, -0.15) is 0 Å². The van der Waals surface area contributed by atoms with E-state index < -0.39 is 11.9 Å². The monoisotopic (exact) mass is 360 g/mol. The molecular formula is C19H28N4O3. The summed E-state index contributed by atoms with van der Waals surface area (Å²) in [6.45, 7) is 3.66. The van der Waals surface area contributed by atoms with Gasteiger partial charge in [-0.25, -0.2) is 0 Å². The molecule has 1 unspecified atom stereocenters. The molecule has 142 valence electrons. The average Bonchev–Trinajstić information content (AvgIpc) is 3.05. The maximum absolute atomic E-state index is 12.4. The molecule has 0 bridgehead atoms. The fourth-order valence-electron chi connectivity index (χ4n) is 3.07. The van der Waals surface area contributed by atoms with Crippen molar-refractivity contribution in [3.63, 3.8) is 0 Å². The first-order valence-corrected chi connectivity index (χ1v) is 9.10. The number of unbranched alkanes of at least 4 members (excludes halogenated alkanes) is 1. The predicted octanol–water partition coefficient (Wildman–Crippen LogP) is 1.35. The first-order chi connectivity index (χ1) is 12.4. The average molecular weight is 360 g/mol. The normalized spacial score (nSPS) is 18.3. The molecule has 7 heteroatoms. The number of rotatable bonds is 8. The molecule has 0 saturated carbocycles. The SMILES string of the molecule is CCCCC(NC(=O)c1cccc(NC(=O)[C@H]2CCN(C)C2)c1)C(N)=O. The van der Waals surface area contributed by atoms with Crippen molar-refractivity contribution in [3.8, 4) is 0 Å². The van der Waals surface area contributed by atoms with Gasteiger partial charge in [0, 0.05) is 17.8 Å². The largest absolute Gasteiger partial charge is 0.368 e. The lowest BCUT2D eigenvalue weighted by Gasteiger charge is -2.16. The van der Waals surface area contributed by atoms with Gasteiger partial charge in [-0.1, -0.05) is 25.8 Å². The van der Waals surface area contributed by atoms with E-state index in [2.05, 4.69) is 15.5 Å². The Kier molecular flexibility index (Phi) is 7.15. The summed E-state index contributed by atoms with van der Waals surface area (Å²) in [5.41, 5.74) is 6.32. The third-order valence-electron chi connectivity index (χ3n) is 4.65. The second-order valence-electron chi connectivity index (χ2n) is 6.89. The maximum Gasteiger partial charge on any atom is 0.252 e. The Morgan fingerprint density at radius 2 is 2.12 bits per heavy atom. The van der Waals surface area contributed by atoms with Crippen molar-refractivity contribution in [2.75, 3.05) is 25.5 Å². The first kappa shape index (κ1) is 19.9. The number of amides is 3. The number of benzene rings is 1. The van der Waals surface area contributed by atoms with Gasteiger partial charge in [0.15, 0.2) is 0 Å². The number of hydrogen-bond acceptors (Lipinski definition) is 4. The Labute approximate surface area is 154 Å². The lowest BCUT2D eigenvalue weighted by atomic mass is 10.1. The summed E-state index contributed by atoms with van der Waals surface area (Å²) in [7, 11) is 1.99. The molecular weight excluding hydrogens is 332 g/mol. The van der Waals surface area contributed by atoms with Gasteiger partial charge in [0.25, 0.3) is 5.91 Å². The van der Waals surface area contributed by atoms with Crippen LogP contribution in [-0.2, 0) is 9.59 Å². The van der Waals surface area contributed by atoms with Crippen molar-refractivity contribution < 1.29 is 14.4 Å². The summed E-state index contributed by atoms with van der Waals surface area (Å²) in [6, 6.07) is 6.03. The molecule has 0 spiro atoms. The summed E-state index contributed by atoms with van der Waals surface area (Å²) in [4.78, 5) is 38.4. The Balaban J connectivity index is 1.99. The van der Waals surface area contributed by atoms with E-state index in [4.69, 9.17) is 5.73 Å². The van der Waals surface area contributed by atoms with Crippen LogP contribution in [0.25, 0.3) is 0 Å². The third-order valence-corrected chi connectivity index (χ3v) is 4.65. The molecule has 26 heavy (non-hydrogen) atoms. The minimum absolute atomic E-state index is 0.0363. The van der Waals surface area contributed by atoms with E-state index in [1.165, 1.54) is 0 Å². The van der Waals surface area contributed by atoms with Gasteiger partial charge < -0.3 is 21.3 Å². The van der Waals surface area contributed by atoms with Gasteiger partial charge >= 0.3 is 0 Å². The molecule has 1 saturated heterocycles. The molecule has 4 N–H and O–H groups in total. The number of likely N-dealkylation sites (tertiary alicyclic amines) is 1. The van der Waals surface area contributed by atoms with Crippen molar-refractivity contribution in [2.45, 2.75) is 38.6 Å². The van der Waals surface area contributed by atoms with Crippen molar-refractivity contribution >= 4 is 23.4 Å². The zero-order valence-corrected chi connectivity index (χ0v) is 15.5. The topological polar surface area (TPSA) is 105 Å². The Hall–Kier alpha value is -2.41. The molecule has 0 radical (unpaired) electrons. The summed E-state index contributed by atoms with van der Waals surface area (Å²) in [6.07, 6.45) is 3.07. The predicted molar refractivity (Wildman–Crippen MR) is 101 cm³/mol. The zero-order chi connectivity index (χ0) is 19.1. The van der Waals surface area contributed by atoms with E-state index in [1.54, 1.807) is 24.3 Å². The van der Waals surface area contributed by atoms with E-state index in [0.29, 0.717) is 17.7 Å². The van der Waals surface area contributed by atoms with Crippen LogP contribution in [0.3, 0.4) is 0 Å². The number of nitrogens with zero attached hydrogens (tertiary/aromatic N) is 1. The van der Waals surface area contributed by atoms with E-state index in [9.17, 15) is 14.4 Å². The van der Waals surface area contributed by atoms with Crippen LogP contribution in [-0.4, -0.2) is 48.8 Å². The molecule has 2 atom stereocenters. The van der Waals surface area contributed by atoms with Crippen molar-refractivity contribution in [1.29, 1.82) is 0 Å². The Morgan fingerprint density at radius 3 is 2.73 bits per heavy atom. The molecule has 1 fully saturated rings. The highest BCUT2D eigenvalue weighted by Crippen LogP contribution is 2.18. The number of hydrogen-bond donors (Lipinski definition) is 3. The van der Waals surface area contributed by atoms with Crippen LogP contribution in [0.1, 0.15) is 43.0 Å². The molecule has 1 aromatic rings. The van der Waals surface area contributed by atoms with E-state index in [0.717, 1.165) is 32.4 Å². The number of primary amides is 1. The molecule has 2 rings (SSSR count). The van der Waals surface area contributed by atoms with E-state index in [-0.39, 0.29) is 17.7 Å². The highest BCUT2D eigenvalue weighted by molar-refractivity contribution is 5.99. The van der Waals surface area contributed by atoms with Crippen LogP contribution in [0.5, 0.6) is 0 Å². The van der Waals surface area contributed by atoms with Gasteiger partial charge in [0.2, 0.25) is 11.8 Å². The van der Waals surface area contributed by atoms with Crippen LogP contribution in [0, 0.1) is 5.92 Å². The molecule has 7 nitrogen and oxygen atoms in total. The molecule has 1 heterocycles. The molecule has 0 aromatic heterocycles. The number of anilines is 1. The van der Waals surface area contributed by atoms with Gasteiger partial charge in [0.05, 0.1) is 5.92 Å². The van der Waals surface area contributed by atoms with Crippen molar-refractivity contribution in [1.82, 2.24) is 10.2 Å². The van der Waals surface area contributed by atoms with Crippen LogP contribution >= 0.6 is 0 Å². The summed E-state index contributed by atoms with van der Waals surface area (Å²) < 4.78 is 0. The molecule has 3 amide bonds. The fraction of sp³-hybridized carbons (Fsp3) is 0.526. The number of carbonyl (C=O) groups is 3. The lowest BCUT2D eigenvalue weighted by Crippen LogP contribution is -2.44. The second-order valence-corrected chi connectivity index (χ2v) is 6.89. The zero-order valence-electron chi connectivity index (χ0n) is 15.5.